The first-order chi connectivity index (χ1) is 9.70. The average Bonchev–Trinajstić information content (AvgIpc) is 2.88. The Labute approximate surface area is 120 Å². The van der Waals surface area contributed by atoms with Crippen molar-refractivity contribution in [2.45, 2.75) is 0 Å². The molecular weight excluding hydrogens is 284 g/mol. The molecule has 0 aliphatic heterocycles. The number of urea groups is 1. The third-order valence-corrected chi connectivity index (χ3v) is 2.67. The van der Waals surface area contributed by atoms with E-state index in [0.717, 1.165) is 0 Å². The summed E-state index contributed by atoms with van der Waals surface area (Å²) in [6.45, 7) is 0.802. The number of nitrogens with zero attached hydrogens (tertiary/aromatic N) is 2. The molecule has 2 aromatic rings. The molecule has 2 N–H and O–H groups in total. The molecule has 0 aliphatic carbocycles. The summed E-state index contributed by atoms with van der Waals surface area (Å²) in [5, 5.41) is 13.0. The van der Waals surface area contributed by atoms with Crippen molar-refractivity contribution in [1.82, 2.24) is 15.5 Å². The lowest BCUT2D eigenvalue weighted by Gasteiger charge is -2.03. The van der Waals surface area contributed by atoms with E-state index in [1.165, 1.54) is 0 Å². The van der Waals surface area contributed by atoms with Crippen LogP contribution in [0, 0.1) is 0 Å². The zero-order valence-corrected chi connectivity index (χ0v) is 11.5. The Morgan fingerprint density at radius 2 is 2.20 bits per heavy atom. The van der Waals surface area contributed by atoms with E-state index in [4.69, 9.17) is 20.8 Å². The van der Waals surface area contributed by atoms with Gasteiger partial charge in [-0.2, -0.15) is 0 Å². The van der Waals surface area contributed by atoms with Crippen molar-refractivity contribution < 1.29 is 13.9 Å². The fraction of sp³-hybridized carbons (Fsp3) is 0.250. The Morgan fingerprint density at radius 1 is 1.40 bits per heavy atom. The van der Waals surface area contributed by atoms with E-state index < -0.39 is 6.03 Å². The highest BCUT2D eigenvalue weighted by molar-refractivity contribution is 6.33. The molecule has 1 heterocycles. The van der Waals surface area contributed by atoms with Crippen molar-refractivity contribution in [3.8, 4) is 11.5 Å². The summed E-state index contributed by atoms with van der Waals surface area (Å²) in [5.41, 5.74) is 0.606. The number of amides is 2. The molecule has 8 heteroatoms. The molecule has 0 saturated carbocycles. The third-order valence-electron chi connectivity index (χ3n) is 2.34. The van der Waals surface area contributed by atoms with Crippen molar-refractivity contribution in [2.75, 3.05) is 25.6 Å². The molecule has 0 radical (unpaired) electrons. The largest absolute Gasteiger partial charge is 0.403 e. The minimum absolute atomic E-state index is 0.00478. The van der Waals surface area contributed by atoms with Crippen molar-refractivity contribution in [3.63, 3.8) is 0 Å². The number of methoxy groups -OCH3 is 1. The number of halogens is 1. The zero-order chi connectivity index (χ0) is 14.4. The maximum atomic E-state index is 11.5. The summed E-state index contributed by atoms with van der Waals surface area (Å²) in [6, 6.07) is 6.61. The van der Waals surface area contributed by atoms with Crippen molar-refractivity contribution in [3.05, 3.63) is 29.3 Å². The standard InChI is InChI=1S/C12H13ClN4O3/c1-19-7-6-14-11(18)15-12-17-16-10(20-12)8-4-2-3-5-9(8)13/h2-5H,6-7H2,1H3,(H2,14,15,17,18). The Kier molecular flexibility index (Phi) is 4.91. The van der Waals surface area contributed by atoms with Gasteiger partial charge in [-0.3, -0.25) is 5.32 Å². The molecule has 1 aromatic carbocycles. The molecule has 106 valence electrons. The number of carbonyl (C=O) groups excluding carboxylic acids is 1. The number of hydrogen-bond donors (Lipinski definition) is 2. The number of rotatable bonds is 5. The van der Waals surface area contributed by atoms with E-state index in [0.29, 0.717) is 23.7 Å². The van der Waals surface area contributed by atoms with Gasteiger partial charge >= 0.3 is 12.0 Å². The highest BCUT2D eigenvalue weighted by atomic mass is 35.5. The molecule has 7 nitrogen and oxygen atoms in total. The smallest absolute Gasteiger partial charge is 0.324 e. The van der Waals surface area contributed by atoms with Crippen LogP contribution < -0.4 is 10.6 Å². The lowest BCUT2D eigenvalue weighted by molar-refractivity contribution is 0.198. The van der Waals surface area contributed by atoms with Crippen molar-refractivity contribution >= 4 is 23.6 Å². The predicted molar refractivity (Wildman–Crippen MR) is 73.6 cm³/mol. The molecular formula is C12H13ClN4O3. The second kappa shape index (κ2) is 6.88. The number of nitrogens with one attached hydrogen (secondary N) is 2. The number of benzene rings is 1. The van der Waals surface area contributed by atoms with Crippen LogP contribution >= 0.6 is 11.6 Å². The highest BCUT2D eigenvalue weighted by Gasteiger charge is 2.12. The normalized spacial score (nSPS) is 10.3. The molecule has 0 saturated heterocycles. The molecule has 20 heavy (non-hydrogen) atoms. The van der Waals surface area contributed by atoms with E-state index in [1.807, 2.05) is 0 Å². The Balaban J connectivity index is 1.99. The number of ether oxygens (including phenoxy) is 1. The van der Waals surface area contributed by atoms with Gasteiger partial charge < -0.3 is 14.5 Å². The Morgan fingerprint density at radius 3 is 2.95 bits per heavy atom. The van der Waals surface area contributed by atoms with Gasteiger partial charge in [-0.05, 0) is 12.1 Å². The minimum atomic E-state index is -0.448. The van der Waals surface area contributed by atoms with Gasteiger partial charge in [0.05, 0.1) is 17.2 Å². The maximum absolute atomic E-state index is 11.5. The van der Waals surface area contributed by atoms with Crippen LogP contribution in [0.15, 0.2) is 28.7 Å². The average molecular weight is 297 g/mol. The SMILES string of the molecule is COCCNC(=O)Nc1nnc(-c2ccccc2Cl)o1. The third kappa shape index (κ3) is 3.69. The van der Waals surface area contributed by atoms with Gasteiger partial charge in [0.25, 0.3) is 5.89 Å². The maximum Gasteiger partial charge on any atom is 0.324 e. The summed E-state index contributed by atoms with van der Waals surface area (Å²) < 4.78 is 10.1. The summed E-state index contributed by atoms with van der Waals surface area (Å²) in [7, 11) is 1.55. The quantitative estimate of drug-likeness (QED) is 0.825. The van der Waals surface area contributed by atoms with Crippen LogP contribution in [-0.2, 0) is 4.74 Å². The Bertz CT molecular complexity index is 588. The van der Waals surface area contributed by atoms with Gasteiger partial charge in [-0.25, -0.2) is 4.79 Å². The molecule has 0 unspecified atom stereocenters. The van der Waals surface area contributed by atoms with E-state index >= 15 is 0 Å². The van der Waals surface area contributed by atoms with Crippen LogP contribution in [0.4, 0.5) is 10.8 Å². The van der Waals surface area contributed by atoms with Crippen LogP contribution in [0.3, 0.4) is 0 Å². The summed E-state index contributed by atoms with van der Waals surface area (Å²) >= 11 is 6.02. The van der Waals surface area contributed by atoms with E-state index in [9.17, 15) is 4.79 Å². The summed E-state index contributed by atoms with van der Waals surface area (Å²) in [4.78, 5) is 11.5. The number of hydrogen-bond acceptors (Lipinski definition) is 5. The van der Waals surface area contributed by atoms with E-state index in [1.54, 1.807) is 31.4 Å². The number of carbonyl (C=O) groups is 1. The van der Waals surface area contributed by atoms with Gasteiger partial charge in [0.1, 0.15) is 0 Å². The molecule has 2 amide bonds. The molecule has 0 spiro atoms. The van der Waals surface area contributed by atoms with Gasteiger partial charge in [0.15, 0.2) is 0 Å². The minimum Gasteiger partial charge on any atom is -0.403 e. The predicted octanol–water partition coefficient (Wildman–Crippen LogP) is 2.16. The molecule has 0 bridgehead atoms. The zero-order valence-electron chi connectivity index (χ0n) is 10.7. The second-order valence-electron chi connectivity index (χ2n) is 3.77. The van der Waals surface area contributed by atoms with Crippen LogP contribution in [0.5, 0.6) is 0 Å². The fourth-order valence-corrected chi connectivity index (χ4v) is 1.64. The Hall–Kier alpha value is -2.12. The second-order valence-corrected chi connectivity index (χ2v) is 4.17. The lowest BCUT2D eigenvalue weighted by atomic mass is 10.2. The highest BCUT2D eigenvalue weighted by Crippen LogP contribution is 2.27. The van der Waals surface area contributed by atoms with Gasteiger partial charge in [0.2, 0.25) is 0 Å². The topological polar surface area (TPSA) is 89.3 Å². The number of anilines is 1. The van der Waals surface area contributed by atoms with E-state index in [2.05, 4.69) is 20.8 Å². The molecule has 2 rings (SSSR count). The summed E-state index contributed by atoms with van der Waals surface area (Å²) in [6.07, 6.45) is 0. The first-order valence-corrected chi connectivity index (χ1v) is 6.20. The van der Waals surface area contributed by atoms with Gasteiger partial charge in [0, 0.05) is 13.7 Å². The van der Waals surface area contributed by atoms with Crippen LogP contribution in [0.1, 0.15) is 0 Å². The lowest BCUT2D eigenvalue weighted by Crippen LogP contribution is -2.31. The van der Waals surface area contributed by atoms with Crippen LogP contribution in [0.25, 0.3) is 11.5 Å². The monoisotopic (exact) mass is 296 g/mol. The molecule has 0 aliphatic rings. The van der Waals surface area contributed by atoms with Gasteiger partial charge in [-0.1, -0.05) is 28.8 Å². The van der Waals surface area contributed by atoms with Crippen molar-refractivity contribution in [2.24, 2.45) is 0 Å². The molecule has 0 fully saturated rings. The molecule has 0 atom stereocenters. The van der Waals surface area contributed by atoms with Crippen molar-refractivity contribution in [1.29, 1.82) is 0 Å². The molecule has 1 aromatic heterocycles. The number of aromatic nitrogens is 2. The summed E-state index contributed by atoms with van der Waals surface area (Å²) in [5.74, 6) is 0.239. The van der Waals surface area contributed by atoms with Crippen LogP contribution in [0.2, 0.25) is 5.02 Å². The first kappa shape index (κ1) is 14.3. The van der Waals surface area contributed by atoms with Gasteiger partial charge in [-0.15, -0.1) is 5.10 Å². The first-order valence-electron chi connectivity index (χ1n) is 5.83. The van der Waals surface area contributed by atoms with Crippen LogP contribution in [-0.4, -0.2) is 36.5 Å². The fourth-order valence-electron chi connectivity index (χ4n) is 1.43. The van der Waals surface area contributed by atoms with E-state index in [-0.39, 0.29) is 11.9 Å².